The highest BCUT2D eigenvalue weighted by Gasteiger charge is 2.41. The van der Waals surface area contributed by atoms with E-state index < -0.39 is 0 Å². The van der Waals surface area contributed by atoms with Gasteiger partial charge in [0.2, 0.25) is 5.91 Å². The van der Waals surface area contributed by atoms with Gasteiger partial charge in [0.1, 0.15) is 5.75 Å². The Morgan fingerprint density at radius 1 is 1.44 bits per heavy atom. The maximum absolute atomic E-state index is 11.8. The monoisotopic (exact) mass is 311 g/mol. The number of alkyl halides is 1. The van der Waals surface area contributed by atoms with Crippen LogP contribution in [0.1, 0.15) is 24.8 Å². The first kappa shape index (κ1) is 13.4. The predicted molar refractivity (Wildman–Crippen MR) is 74.9 cm³/mol. The Balaban J connectivity index is 1.79. The second kappa shape index (κ2) is 5.74. The molecule has 0 aromatic heterocycles. The number of amides is 1. The summed E-state index contributed by atoms with van der Waals surface area (Å²) in [5, 5.41) is 13.3. The zero-order valence-electron chi connectivity index (χ0n) is 10.3. The first-order chi connectivity index (χ1) is 8.63. The van der Waals surface area contributed by atoms with Crippen LogP contribution in [0.4, 0.5) is 0 Å². The van der Waals surface area contributed by atoms with Crippen molar-refractivity contribution in [2.24, 2.45) is 5.41 Å². The van der Waals surface area contributed by atoms with Crippen LogP contribution >= 0.6 is 15.9 Å². The lowest BCUT2D eigenvalue weighted by Crippen LogP contribution is -2.31. The van der Waals surface area contributed by atoms with E-state index in [9.17, 15) is 9.90 Å². The van der Waals surface area contributed by atoms with Crippen LogP contribution in [0.2, 0.25) is 0 Å². The number of phenols is 1. The summed E-state index contributed by atoms with van der Waals surface area (Å²) in [7, 11) is 0. The van der Waals surface area contributed by atoms with E-state index in [1.165, 1.54) is 12.8 Å². The summed E-state index contributed by atoms with van der Waals surface area (Å²) < 4.78 is 0. The van der Waals surface area contributed by atoms with Crippen molar-refractivity contribution in [2.45, 2.75) is 25.7 Å². The number of phenolic OH excluding ortho intramolecular Hbond substituents is 1. The molecule has 0 aliphatic heterocycles. The number of rotatable bonds is 6. The molecule has 0 heterocycles. The number of hydrogen-bond donors (Lipinski definition) is 2. The van der Waals surface area contributed by atoms with Crippen molar-refractivity contribution in [2.75, 3.05) is 11.9 Å². The highest BCUT2D eigenvalue weighted by Crippen LogP contribution is 2.48. The molecule has 0 unspecified atom stereocenters. The molecule has 1 aliphatic carbocycles. The van der Waals surface area contributed by atoms with Crippen molar-refractivity contribution in [3.63, 3.8) is 0 Å². The third-order valence-corrected chi connectivity index (χ3v) is 3.91. The fourth-order valence-electron chi connectivity index (χ4n) is 2.09. The van der Waals surface area contributed by atoms with Gasteiger partial charge >= 0.3 is 0 Å². The summed E-state index contributed by atoms with van der Waals surface area (Å²) in [6.07, 6.45) is 3.88. The van der Waals surface area contributed by atoms with Gasteiger partial charge in [-0.15, -0.1) is 0 Å². The van der Waals surface area contributed by atoms with E-state index in [1.54, 1.807) is 18.2 Å². The fraction of sp³-hybridized carbons (Fsp3) is 0.500. The van der Waals surface area contributed by atoms with E-state index in [2.05, 4.69) is 21.2 Å². The molecule has 1 amide bonds. The molecule has 18 heavy (non-hydrogen) atoms. The van der Waals surface area contributed by atoms with Gasteiger partial charge < -0.3 is 10.4 Å². The minimum atomic E-state index is 0.0291. The number of nitrogens with one attached hydrogen (secondary N) is 1. The van der Waals surface area contributed by atoms with Gasteiger partial charge in [-0.05, 0) is 42.4 Å². The minimum absolute atomic E-state index is 0.0291. The number of benzene rings is 1. The lowest BCUT2D eigenvalue weighted by Gasteiger charge is -2.14. The normalized spacial score (nSPS) is 16.3. The quantitative estimate of drug-likeness (QED) is 0.793. The summed E-state index contributed by atoms with van der Waals surface area (Å²) in [4.78, 5) is 11.8. The van der Waals surface area contributed by atoms with Gasteiger partial charge in [0.15, 0.2) is 0 Å². The topological polar surface area (TPSA) is 49.3 Å². The Morgan fingerprint density at radius 3 is 2.83 bits per heavy atom. The largest absolute Gasteiger partial charge is 0.508 e. The number of halogens is 1. The molecule has 3 nitrogen and oxygen atoms in total. The summed E-state index contributed by atoms with van der Waals surface area (Å²) in [5.41, 5.74) is 1.19. The first-order valence-corrected chi connectivity index (χ1v) is 7.36. The molecule has 1 aromatic carbocycles. The average Bonchev–Trinajstić information content (AvgIpc) is 3.08. The molecule has 1 fully saturated rings. The van der Waals surface area contributed by atoms with Crippen LogP contribution in [0.25, 0.3) is 0 Å². The average molecular weight is 312 g/mol. The molecule has 1 aliphatic rings. The summed E-state index contributed by atoms with van der Waals surface area (Å²) in [6, 6.07) is 6.84. The molecule has 0 atom stereocenters. The molecule has 2 rings (SSSR count). The lowest BCUT2D eigenvalue weighted by molar-refractivity contribution is -0.120. The van der Waals surface area contributed by atoms with Crippen LogP contribution < -0.4 is 5.32 Å². The molecule has 0 radical (unpaired) electrons. The van der Waals surface area contributed by atoms with Crippen LogP contribution in [0.5, 0.6) is 5.75 Å². The smallest absolute Gasteiger partial charge is 0.224 e. The van der Waals surface area contributed by atoms with Gasteiger partial charge in [0.05, 0.1) is 6.42 Å². The summed E-state index contributed by atoms with van der Waals surface area (Å²) in [6.45, 7) is 0.774. The van der Waals surface area contributed by atoms with Crippen LogP contribution in [-0.4, -0.2) is 22.9 Å². The molecule has 0 bridgehead atoms. The zero-order valence-corrected chi connectivity index (χ0v) is 11.9. The van der Waals surface area contributed by atoms with Crippen LogP contribution in [0.15, 0.2) is 24.3 Å². The fourth-order valence-corrected chi connectivity index (χ4v) is 2.93. The number of carbonyl (C=O) groups is 1. The van der Waals surface area contributed by atoms with Crippen LogP contribution in [-0.2, 0) is 11.2 Å². The maximum Gasteiger partial charge on any atom is 0.224 e. The molecule has 0 saturated heterocycles. The zero-order chi connectivity index (χ0) is 13.0. The molecule has 1 aromatic rings. The van der Waals surface area contributed by atoms with Crippen molar-refractivity contribution >= 4 is 21.8 Å². The van der Waals surface area contributed by atoms with Crippen molar-refractivity contribution in [1.29, 1.82) is 0 Å². The SMILES string of the molecule is O=C(Cc1cccc(O)c1)NCC1(CCBr)CC1. The van der Waals surface area contributed by atoms with Crippen molar-refractivity contribution in [3.05, 3.63) is 29.8 Å². The van der Waals surface area contributed by atoms with Gasteiger partial charge in [-0.2, -0.15) is 0 Å². The van der Waals surface area contributed by atoms with Crippen molar-refractivity contribution in [1.82, 2.24) is 5.32 Å². The lowest BCUT2D eigenvalue weighted by atomic mass is 10.0. The van der Waals surface area contributed by atoms with Crippen molar-refractivity contribution < 1.29 is 9.90 Å². The van der Waals surface area contributed by atoms with Gasteiger partial charge in [-0.25, -0.2) is 0 Å². The van der Waals surface area contributed by atoms with E-state index in [4.69, 9.17) is 0 Å². The molecular weight excluding hydrogens is 294 g/mol. The minimum Gasteiger partial charge on any atom is -0.508 e. The molecule has 98 valence electrons. The van der Waals surface area contributed by atoms with Gasteiger partial charge in [0.25, 0.3) is 0 Å². The Kier molecular flexibility index (Phi) is 4.27. The Hall–Kier alpha value is -1.03. The Morgan fingerprint density at radius 2 is 2.22 bits per heavy atom. The number of hydrogen-bond acceptors (Lipinski definition) is 2. The molecule has 0 spiro atoms. The number of carbonyl (C=O) groups excluding carboxylic acids is 1. The van der Waals surface area contributed by atoms with E-state index in [-0.39, 0.29) is 11.7 Å². The third kappa shape index (κ3) is 3.73. The standard InChI is InChI=1S/C14H18BrNO2/c15-7-6-14(4-5-14)10-16-13(18)9-11-2-1-3-12(17)8-11/h1-3,8,17H,4-7,9-10H2,(H,16,18). The summed E-state index contributed by atoms with van der Waals surface area (Å²) >= 11 is 3.45. The van der Waals surface area contributed by atoms with Gasteiger partial charge in [-0.1, -0.05) is 28.1 Å². The Bertz CT molecular complexity index is 430. The molecule has 2 N–H and O–H groups in total. The van der Waals surface area contributed by atoms with E-state index in [0.717, 1.165) is 23.9 Å². The maximum atomic E-state index is 11.8. The van der Waals surface area contributed by atoms with Crippen LogP contribution in [0.3, 0.4) is 0 Å². The highest BCUT2D eigenvalue weighted by atomic mass is 79.9. The van der Waals surface area contributed by atoms with E-state index >= 15 is 0 Å². The molecular formula is C14H18BrNO2. The number of aromatic hydroxyl groups is 1. The summed E-state index contributed by atoms with van der Waals surface area (Å²) in [5.74, 6) is 0.236. The molecule has 1 saturated carbocycles. The van der Waals surface area contributed by atoms with E-state index in [0.29, 0.717) is 11.8 Å². The Labute approximate surface area is 116 Å². The predicted octanol–water partition coefficient (Wildman–Crippen LogP) is 2.62. The highest BCUT2D eigenvalue weighted by molar-refractivity contribution is 9.09. The van der Waals surface area contributed by atoms with Crippen LogP contribution in [0, 0.1) is 5.41 Å². The van der Waals surface area contributed by atoms with E-state index in [1.807, 2.05) is 6.07 Å². The molecule has 4 heteroatoms. The van der Waals surface area contributed by atoms with Gasteiger partial charge in [0, 0.05) is 11.9 Å². The first-order valence-electron chi connectivity index (χ1n) is 6.24. The van der Waals surface area contributed by atoms with Crippen molar-refractivity contribution in [3.8, 4) is 5.75 Å². The second-order valence-corrected chi connectivity index (χ2v) is 5.86. The van der Waals surface area contributed by atoms with Gasteiger partial charge in [-0.3, -0.25) is 4.79 Å². The third-order valence-electron chi connectivity index (χ3n) is 3.52. The second-order valence-electron chi connectivity index (χ2n) is 5.06.